The number of halogens is 1. The molecule has 2 aromatic carbocycles. The number of thiophene rings is 1. The molecule has 25 heavy (non-hydrogen) atoms. The van der Waals surface area contributed by atoms with Crippen molar-refractivity contribution in [2.45, 2.75) is 6.92 Å². The van der Waals surface area contributed by atoms with E-state index in [1.165, 1.54) is 11.3 Å². The second-order valence-electron chi connectivity index (χ2n) is 5.67. The number of phenolic OH excluding ortho intramolecular Hbond substituents is 1. The maximum Gasteiger partial charge on any atom is 0.363 e. The Kier molecular flexibility index (Phi) is 3.82. The molecule has 1 aliphatic rings. The van der Waals surface area contributed by atoms with Crippen molar-refractivity contribution < 1.29 is 14.6 Å². The van der Waals surface area contributed by atoms with Crippen molar-refractivity contribution in [2.24, 2.45) is 4.99 Å². The zero-order chi connectivity index (χ0) is 17.6. The number of fused-ring (bicyclic) bond motifs is 1. The molecule has 124 valence electrons. The summed E-state index contributed by atoms with van der Waals surface area (Å²) in [6.07, 6.45) is 1.61. The van der Waals surface area contributed by atoms with Crippen molar-refractivity contribution in [3.05, 3.63) is 69.2 Å². The number of aryl methyl sites for hydroxylation is 1. The summed E-state index contributed by atoms with van der Waals surface area (Å²) in [6, 6.07) is 12.5. The van der Waals surface area contributed by atoms with E-state index >= 15 is 0 Å². The number of hydrogen-bond acceptors (Lipinski definition) is 5. The summed E-state index contributed by atoms with van der Waals surface area (Å²) >= 11 is 7.90. The Bertz CT molecular complexity index is 1060. The fourth-order valence-corrected chi connectivity index (χ4v) is 4.08. The Balaban J connectivity index is 1.75. The Hall–Kier alpha value is -2.63. The fraction of sp³-hybridized carbons (Fsp3) is 0.0526. The van der Waals surface area contributed by atoms with Gasteiger partial charge in [0.15, 0.2) is 5.70 Å². The summed E-state index contributed by atoms with van der Waals surface area (Å²) in [7, 11) is 0. The maximum atomic E-state index is 12.1. The minimum atomic E-state index is -0.521. The summed E-state index contributed by atoms with van der Waals surface area (Å²) in [5.41, 5.74) is 2.08. The zero-order valence-corrected chi connectivity index (χ0v) is 14.7. The first kappa shape index (κ1) is 15.9. The number of rotatable bonds is 2. The molecule has 0 atom stereocenters. The van der Waals surface area contributed by atoms with Crippen molar-refractivity contribution in [3.8, 4) is 5.75 Å². The monoisotopic (exact) mass is 369 g/mol. The summed E-state index contributed by atoms with van der Waals surface area (Å²) in [4.78, 5) is 17.1. The summed E-state index contributed by atoms with van der Waals surface area (Å²) in [5, 5.41) is 10.8. The lowest BCUT2D eigenvalue weighted by Gasteiger charge is -1.95. The second-order valence-corrected chi connectivity index (χ2v) is 7.10. The molecule has 0 unspecified atom stereocenters. The van der Waals surface area contributed by atoms with Crippen LogP contribution in [0.4, 0.5) is 0 Å². The SMILES string of the molecule is Cc1ccc2c(Cl)c(C3=N/C(=C/c4ccc(O)cc4)C(=O)O3)sc2c1. The third kappa shape index (κ3) is 2.92. The number of benzene rings is 2. The van der Waals surface area contributed by atoms with Crippen LogP contribution in [0.1, 0.15) is 16.0 Å². The third-order valence-electron chi connectivity index (χ3n) is 3.80. The van der Waals surface area contributed by atoms with Gasteiger partial charge in [-0.1, -0.05) is 35.9 Å². The topological polar surface area (TPSA) is 58.9 Å². The average molecular weight is 370 g/mol. The number of cyclic esters (lactones) is 1. The molecule has 0 bridgehead atoms. The van der Waals surface area contributed by atoms with E-state index in [1.807, 2.05) is 25.1 Å². The highest BCUT2D eigenvalue weighted by Crippen LogP contribution is 2.37. The number of esters is 1. The number of carbonyl (C=O) groups excluding carboxylic acids is 1. The molecule has 0 saturated heterocycles. The Morgan fingerprint density at radius 1 is 1.20 bits per heavy atom. The standard InChI is InChI=1S/C19H12ClNO3S/c1-10-2-7-13-15(8-10)25-17(16(13)20)18-21-14(19(23)24-18)9-11-3-5-12(22)6-4-11/h2-9,22H,1H3/b14-9+. The molecule has 4 rings (SSSR count). The van der Waals surface area contributed by atoms with Gasteiger partial charge >= 0.3 is 5.97 Å². The molecule has 0 amide bonds. The molecule has 0 aliphatic carbocycles. The number of aliphatic imine (C=N–C) groups is 1. The first-order chi connectivity index (χ1) is 12.0. The van der Waals surface area contributed by atoms with Gasteiger partial charge in [0.25, 0.3) is 0 Å². The Labute approximate surface area is 152 Å². The number of ether oxygens (including phenoxy) is 1. The van der Waals surface area contributed by atoms with E-state index in [1.54, 1.807) is 30.3 Å². The third-order valence-corrected chi connectivity index (χ3v) is 5.44. The number of aromatic hydroxyl groups is 1. The normalized spacial score (nSPS) is 15.7. The van der Waals surface area contributed by atoms with Crippen LogP contribution in [-0.2, 0) is 9.53 Å². The van der Waals surface area contributed by atoms with Gasteiger partial charge < -0.3 is 9.84 Å². The van der Waals surface area contributed by atoms with Crippen LogP contribution in [0.2, 0.25) is 5.02 Å². The van der Waals surface area contributed by atoms with Crippen LogP contribution in [-0.4, -0.2) is 17.0 Å². The van der Waals surface area contributed by atoms with Crippen molar-refractivity contribution in [3.63, 3.8) is 0 Å². The van der Waals surface area contributed by atoms with Crippen LogP contribution in [0.15, 0.2) is 53.2 Å². The van der Waals surface area contributed by atoms with Gasteiger partial charge in [0.1, 0.15) is 10.6 Å². The molecule has 4 nitrogen and oxygen atoms in total. The first-order valence-electron chi connectivity index (χ1n) is 7.52. The van der Waals surface area contributed by atoms with E-state index in [2.05, 4.69) is 4.99 Å². The average Bonchev–Trinajstić information content (AvgIpc) is 3.10. The minimum Gasteiger partial charge on any atom is -0.508 e. The second kappa shape index (κ2) is 6.02. The number of nitrogens with zero attached hydrogens (tertiary/aromatic N) is 1. The van der Waals surface area contributed by atoms with Crippen LogP contribution < -0.4 is 0 Å². The largest absolute Gasteiger partial charge is 0.508 e. The first-order valence-corrected chi connectivity index (χ1v) is 8.71. The van der Waals surface area contributed by atoms with Gasteiger partial charge in [0.05, 0.1) is 5.02 Å². The predicted octanol–water partition coefficient (Wildman–Crippen LogP) is 4.91. The van der Waals surface area contributed by atoms with Gasteiger partial charge in [-0.05, 0) is 42.3 Å². The molecule has 1 aliphatic heterocycles. The number of phenols is 1. The Morgan fingerprint density at radius 2 is 1.96 bits per heavy atom. The molecular formula is C19H12ClNO3S. The Morgan fingerprint density at radius 3 is 2.72 bits per heavy atom. The van der Waals surface area contributed by atoms with Crippen LogP contribution >= 0.6 is 22.9 Å². The van der Waals surface area contributed by atoms with Crippen molar-refractivity contribution in [1.29, 1.82) is 0 Å². The maximum absolute atomic E-state index is 12.1. The molecule has 0 radical (unpaired) electrons. The van der Waals surface area contributed by atoms with Gasteiger partial charge in [-0.3, -0.25) is 0 Å². The highest BCUT2D eigenvalue weighted by molar-refractivity contribution is 7.21. The highest BCUT2D eigenvalue weighted by Gasteiger charge is 2.27. The summed E-state index contributed by atoms with van der Waals surface area (Å²) < 4.78 is 6.34. The lowest BCUT2D eigenvalue weighted by molar-refractivity contribution is -0.129. The molecule has 0 fully saturated rings. The van der Waals surface area contributed by atoms with E-state index < -0.39 is 5.97 Å². The smallest absolute Gasteiger partial charge is 0.363 e. The van der Waals surface area contributed by atoms with Crippen LogP contribution in [0.5, 0.6) is 5.75 Å². The van der Waals surface area contributed by atoms with Crippen molar-refractivity contribution >= 4 is 51.0 Å². The van der Waals surface area contributed by atoms with Crippen LogP contribution in [0, 0.1) is 6.92 Å². The summed E-state index contributed by atoms with van der Waals surface area (Å²) in [5.74, 6) is -0.139. The molecule has 6 heteroatoms. The van der Waals surface area contributed by atoms with E-state index in [0.29, 0.717) is 9.90 Å². The van der Waals surface area contributed by atoms with E-state index in [4.69, 9.17) is 16.3 Å². The number of carbonyl (C=O) groups is 1. The molecule has 1 aromatic heterocycles. The van der Waals surface area contributed by atoms with Gasteiger partial charge in [-0.15, -0.1) is 11.3 Å². The number of hydrogen-bond donors (Lipinski definition) is 1. The van der Waals surface area contributed by atoms with Gasteiger partial charge in [-0.25, -0.2) is 9.79 Å². The van der Waals surface area contributed by atoms with E-state index in [9.17, 15) is 9.90 Å². The molecule has 0 saturated carbocycles. The molecular weight excluding hydrogens is 358 g/mol. The minimum absolute atomic E-state index is 0.160. The van der Waals surface area contributed by atoms with Gasteiger partial charge in [0.2, 0.25) is 5.90 Å². The predicted molar refractivity (Wildman–Crippen MR) is 100 cm³/mol. The highest BCUT2D eigenvalue weighted by atomic mass is 35.5. The summed E-state index contributed by atoms with van der Waals surface area (Å²) in [6.45, 7) is 2.01. The fourth-order valence-electron chi connectivity index (χ4n) is 2.54. The molecule has 2 heterocycles. The quantitative estimate of drug-likeness (QED) is 0.515. The van der Waals surface area contributed by atoms with Crippen molar-refractivity contribution in [1.82, 2.24) is 0 Å². The van der Waals surface area contributed by atoms with Crippen molar-refractivity contribution in [2.75, 3.05) is 0 Å². The van der Waals surface area contributed by atoms with Gasteiger partial charge in [-0.2, -0.15) is 0 Å². The van der Waals surface area contributed by atoms with E-state index in [-0.39, 0.29) is 17.3 Å². The van der Waals surface area contributed by atoms with E-state index in [0.717, 1.165) is 21.2 Å². The zero-order valence-electron chi connectivity index (χ0n) is 13.1. The lowest BCUT2D eigenvalue weighted by atomic mass is 10.2. The molecule has 1 N–H and O–H groups in total. The van der Waals surface area contributed by atoms with Crippen LogP contribution in [0.3, 0.4) is 0 Å². The molecule has 0 spiro atoms. The molecule has 3 aromatic rings. The van der Waals surface area contributed by atoms with Crippen LogP contribution in [0.25, 0.3) is 16.2 Å². The van der Waals surface area contributed by atoms with Gasteiger partial charge in [0, 0.05) is 10.1 Å². The lowest BCUT2D eigenvalue weighted by Crippen LogP contribution is -2.04.